The maximum Gasteiger partial charge on any atom is 0.244 e. The van der Waals surface area contributed by atoms with Gasteiger partial charge in [-0.3, -0.25) is 10.1 Å². The molecule has 4 rings (SSSR count). The average Bonchev–Trinajstić information content (AvgIpc) is 3.35. The van der Waals surface area contributed by atoms with Gasteiger partial charge in [-0.1, -0.05) is 25.1 Å². The van der Waals surface area contributed by atoms with Crippen molar-refractivity contribution in [2.45, 2.75) is 43.9 Å². The molecule has 1 amide bonds. The normalized spacial score (nSPS) is 33.6. The average molecular weight is 272 g/mol. The zero-order valence-electron chi connectivity index (χ0n) is 11.9. The first-order valence-corrected chi connectivity index (χ1v) is 7.40. The lowest BCUT2D eigenvalue weighted by molar-refractivity contribution is -0.131. The SMILES string of the molecule is COc1ccccc1C1NC2(CC2)C(=O)N1C1CC1C. The molecule has 3 aliphatic rings. The van der Waals surface area contributed by atoms with Crippen LogP contribution in [0.4, 0.5) is 0 Å². The molecule has 106 valence electrons. The lowest BCUT2D eigenvalue weighted by atomic mass is 10.1. The Balaban J connectivity index is 1.73. The van der Waals surface area contributed by atoms with Gasteiger partial charge < -0.3 is 9.64 Å². The van der Waals surface area contributed by atoms with E-state index < -0.39 is 0 Å². The summed E-state index contributed by atoms with van der Waals surface area (Å²) in [6, 6.07) is 8.40. The number of hydrogen-bond acceptors (Lipinski definition) is 3. The number of nitrogens with zero attached hydrogens (tertiary/aromatic N) is 1. The van der Waals surface area contributed by atoms with Crippen molar-refractivity contribution in [1.29, 1.82) is 0 Å². The van der Waals surface area contributed by atoms with E-state index in [1.165, 1.54) is 0 Å². The van der Waals surface area contributed by atoms with E-state index in [1.807, 2.05) is 18.2 Å². The molecule has 1 heterocycles. The highest BCUT2D eigenvalue weighted by Gasteiger charge is 2.63. The van der Waals surface area contributed by atoms with Crippen molar-refractivity contribution < 1.29 is 9.53 Å². The number of amides is 1. The summed E-state index contributed by atoms with van der Waals surface area (Å²) in [7, 11) is 1.69. The summed E-state index contributed by atoms with van der Waals surface area (Å²) in [5, 5.41) is 3.57. The first kappa shape index (κ1) is 12.2. The van der Waals surface area contributed by atoms with E-state index in [4.69, 9.17) is 4.74 Å². The fraction of sp³-hybridized carbons (Fsp3) is 0.562. The Morgan fingerprint density at radius 1 is 1.35 bits per heavy atom. The third-order valence-electron chi connectivity index (χ3n) is 4.94. The van der Waals surface area contributed by atoms with E-state index >= 15 is 0 Å². The second kappa shape index (κ2) is 3.98. The molecule has 4 nitrogen and oxygen atoms in total. The van der Waals surface area contributed by atoms with Gasteiger partial charge in [-0.25, -0.2) is 0 Å². The van der Waals surface area contributed by atoms with Gasteiger partial charge in [0.2, 0.25) is 5.91 Å². The number of carbonyl (C=O) groups excluding carboxylic acids is 1. The topological polar surface area (TPSA) is 41.6 Å². The Kier molecular flexibility index (Phi) is 2.43. The first-order chi connectivity index (χ1) is 9.66. The summed E-state index contributed by atoms with van der Waals surface area (Å²) >= 11 is 0. The van der Waals surface area contributed by atoms with Gasteiger partial charge in [-0.15, -0.1) is 0 Å². The number of methoxy groups -OCH3 is 1. The maximum atomic E-state index is 12.7. The van der Waals surface area contributed by atoms with Gasteiger partial charge in [0.05, 0.1) is 7.11 Å². The standard InChI is InChI=1S/C16H20N2O2/c1-10-9-12(10)18-14(17-16(7-8-16)15(18)19)11-5-3-4-6-13(11)20-2/h3-6,10,12,14,17H,7-9H2,1-2H3. The zero-order valence-corrected chi connectivity index (χ0v) is 11.9. The molecule has 1 spiro atoms. The van der Waals surface area contributed by atoms with Crippen LogP contribution in [0.15, 0.2) is 24.3 Å². The van der Waals surface area contributed by atoms with Crippen LogP contribution < -0.4 is 10.1 Å². The summed E-state index contributed by atoms with van der Waals surface area (Å²) in [4.78, 5) is 14.8. The van der Waals surface area contributed by atoms with Crippen LogP contribution in [0.5, 0.6) is 5.75 Å². The van der Waals surface area contributed by atoms with Gasteiger partial charge in [0.25, 0.3) is 0 Å². The van der Waals surface area contributed by atoms with E-state index in [9.17, 15) is 4.79 Å². The largest absolute Gasteiger partial charge is 0.496 e. The lowest BCUT2D eigenvalue weighted by Gasteiger charge is -2.26. The Morgan fingerprint density at radius 3 is 2.65 bits per heavy atom. The van der Waals surface area contributed by atoms with Crippen LogP contribution in [-0.4, -0.2) is 29.5 Å². The molecule has 0 radical (unpaired) electrons. The van der Waals surface area contributed by atoms with Gasteiger partial charge in [0, 0.05) is 11.6 Å². The van der Waals surface area contributed by atoms with Crippen molar-refractivity contribution in [1.82, 2.24) is 10.2 Å². The highest BCUT2D eigenvalue weighted by Crippen LogP contribution is 2.52. The molecule has 2 saturated carbocycles. The molecule has 1 saturated heterocycles. The van der Waals surface area contributed by atoms with Crippen LogP contribution in [0.25, 0.3) is 0 Å². The fourth-order valence-electron chi connectivity index (χ4n) is 3.39. The van der Waals surface area contributed by atoms with Crippen molar-refractivity contribution in [2.24, 2.45) is 5.92 Å². The van der Waals surface area contributed by atoms with Crippen LogP contribution in [0.3, 0.4) is 0 Å². The van der Waals surface area contributed by atoms with E-state index in [0.29, 0.717) is 17.9 Å². The summed E-state index contributed by atoms with van der Waals surface area (Å²) in [6.45, 7) is 2.22. The second-order valence-corrected chi connectivity index (χ2v) is 6.36. The molecule has 4 heteroatoms. The van der Waals surface area contributed by atoms with E-state index in [-0.39, 0.29) is 11.7 Å². The van der Waals surface area contributed by atoms with Crippen molar-refractivity contribution >= 4 is 5.91 Å². The van der Waals surface area contributed by atoms with Gasteiger partial charge in [0.15, 0.2) is 0 Å². The highest BCUT2D eigenvalue weighted by atomic mass is 16.5. The predicted octanol–water partition coefficient (Wildman–Crippen LogP) is 2.07. The molecule has 3 fully saturated rings. The number of carbonyl (C=O) groups is 1. The van der Waals surface area contributed by atoms with E-state index in [0.717, 1.165) is 30.6 Å². The lowest BCUT2D eigenvalue weighted by Crippen LogP contribution is -2.34. The van der Waals surface area contributed by atoms with Gasteiger partial charge >= 0.3 is 0 Å². The molecular formula is C16H20N2O2. The first-order valence-electron chi connectivity index (χ1n) is 7.40. The predicted molar refractivity (Wildman–Crippen MR) is 75.3 cm³/mol. The van der Waals surface area contributed by atoms with Crippen LogP contribution in [0.2, 0.25) is 0 Å². The molecule has 0 aromatic heterocycles. The Bertz CT molecular complexity index is 567. The molecule has 20 heavy (non-hydrogen) atoms. The van der Waals surface area contributed by atoms with Gasteiger partial charge in [-0.05, 0) is 31.2 Å². The van der Waals surface area contributed by atoms with Crippen molar-refractivity contribution in [3.63, 3.8) is 0 Å². The Labute approximate surface area is 119 Å². The highest BCUT2D eigenvalue weighted by molar-refractivity contribution is 5.92. The van der Waals surface area contributed by atoms with Crippen molar-refractivity contribution in [3.8, 4) is 5.75 Å². The summed E-state index contributed by atoms with van der Waals surface area (Å²) in [6.07, 6.45) is 3.02. The quantitative estimate of drug-likeness (QED) is 0.916. The maximum absolute atomic E-state index is 12.7. The third-order valence-corrected chi connectivity index (χ3v) is 4.94. The Hall–Kier alpha value is -1.55. The van der Waals surface area contributed by atoms with Gasteiger partial charge in [0.1, 0.15) is 17.5 Å². The fourth-order valence-corrected chi connectivity index (χ4v) is 3.39. The molecular weight excluding hydrogens is 252 g/mol. The molecule has 2 aliphatic carbocycles. The molecule has 1 aromatic carbocycles. The molecule has 0 bridgehead atoms. The van der Waals surface area contributed by atoms with Crippen LogP contribution >= 0.6 is 0 Å². The zero-order chi connectivity index (χ0) is 13.9. The smallest absolute Gasteiger partial charge is 0.244 e. The molecule has 1 N–H and O–H groups in total. The number of hydrogen-bond donors (Lipinski definition) is 1. The Morgan fingerprint density at radius 2 is 2.05 bits per heavy atom. The van der Waals surface area contributed by atoms with Crippen LogP contribution in [-0.2, 0) is 4.79 Å². The number of ether oxygens (including phenoxy) is 1. The van der Waals surface area contributed by atoms with Crippen molar-refractivity contribution in [2.75, 3.05) is 7.11 Å². The minimum atomic E-state index is -0.270. The monoisotopic (exact) mass is 272 g/mol. The summed E-state index contributed by atoms with van der Waals surface area (Å²) in [5.41, 5.74) is 0.805. The van der Waals surface area contributed by atoms with E-state index in [2.05, 4.69) is 23.2 Å². The molecule has 3 unspecified atom stereocenters. The second-order valence-electron chi connectivity index (χ2n) is 6.36. The minimum absolute atomic E-state index is 0.0314. The van der Waals surface area contributed by atoms with Crippen LogP contribution in [0.1, 0.15) is 37.9 Å². The minimum Gasteiger partial charge on any atom is -0.496 e. The van der Waals surface area contributed by atoms with Gasteiger partial charge in [-0.2, -0.15) is 0 Å². The third kappa shape index (κ3) is 1.61. The molecule has 1 aliphatic heterocycles. The van der Waals surface area contributed by atoms with Crippen molar-refractivity contribution in [3.05, 3.63) is 29.8 Å². The number of benzene rings is 1. The number of para-hydroxylation sites is 1. The number of nitrogens with one attached hydrogen (secondary N) is 1. The number of rotatable bonds is 3. The van der Waals surface area contributed by atoms with E-state index in [1.54, 1.807) is 7.11 Å². The summed E-state index contributed by atoms with van der Waals surface area (Å²) < 4.78 is 5.48. The summed E-state index contributed by atoms with van der Waals surface area (Å²) in [5.74, 6) is 1.77. The molecule has 1 aromatic rings. The molecule has 3 atom stereocenters. The van der Waals surface area contributed by atoms with Crippen LogP contribution in [0, 0.1) is 5.92 Å².